The lowest BCUT2D eigenvalue weighted by molar-refractivity contribution is 0.0997. The van der Waals surface area contributed by atoms with Crippen molar-refractivity contribution in [2.75, 3.05) is 0 Å². The van der Waals surface area contributed by atoms with Crippen molar-refractivity contribution in [1.29, 1.82) is 0 Å². The highest BCUT2D eigenvalue weighted by molar-refractivity contribution is 5.94. The van der Waals surface area contributed by atoms with Gasteiger partial charge in [0.1, 0.15) is 0 Å². The van der Waals surface area contributed by atoms with Gasteiger partial charge in [-0.2, -0.15) is 0 Å². The summed E-state index contributed by atoms with van der Waals surface area (Å²) in [6, 6.07) is 3.46. The van der Waals surface area contributed by atoms with Crippen LogP contribution in [0, 0.1) is 0 Å². The zero-order valence-corrected chi connectivity index (χ0v) is 8.87. The van der Waals surface area contributed by atoms with Crippen molar-refractivity contribution in [1.82, 2.24) is 4.98 Å². The average Bonchev–Trinajstić information content (AvgIpc) is 2.18. The average molecular weight is 192 g/mol. The number of pyridine rings is 1. The van der Waals surface area contributed by atoms with Crippen molar-refractivity contribution in [2.24, 2.45) is 5.73 Å². The Labute approximate surface area is 84.3 Å². The van der Waals surface area contributed by atoms with Gasteiger partial charge in [-0.3, -0.25) is 9.78 Å². The monoisotopic (exact) mass is 192 g/mol. The fraction of sp³-hybridized carbons (Fsp3) is 0.455. The third-order valence-electron chi connectivity index (χ3n) is 2.60. The first-order chi connectivity index (χ1) is 6.49. The van der Waals surface area contributed by atoms with Gasteiger partial charge in [-0.1, -0.05) is 20.8 Å². The highest BCUT2D eigenvalue weighted by Crippen LogP contribution is 2.27. The first kappa shape index (κ1) is 10.7. The van der Waals surface area contributed by atoms with Crippen LogP contribution in [0.2, 0.25) is 0 Å². The number of amides is 1. The van der Waals surface area contributed by atoms with Crippen molar-refractivity contribution in [3.8, 4) is 0 Å². The van der Waals surface area contributed by atoms with Gasteiger partial charge < -0.3 is 5.73 Å². The summed E-state index contributed by atoms with van der Waals surface area (Å²) >= 11 is 0. The molecule has 0 bridgehead atoms. The van der Waals surface area contributed by atoms with Crippen molar-refractivity contribution in [3.63, 3.8) is 0 Å². The van der Waals surface area contributed by atoms with Crippen LogP contribution in [0.5, 0.6) is 0 Å². The van der Waals surface area contributed by atoms with Crippen LogP contribution >= 0.6 is 0 Å². The number of carbonyl (C=O) groups excluding carboxylic acids is 1. The molecule has 0 fully saturated rings. The minimum atomic E-state index is -0.408. The molecule has 1 aromatic rings. The summed E-state index contributed by atoms with van der Waals surface area (Å²) in [5.41, 5.74) is 6.50. The molecule has 0 unspecified atom stereocenters. The Balaban J connectivity index is 3.27. The van der Waals surface area contributed by atoms with Crippen LogP contribution in [0.3, 0.4) is 0 Å². The number of hydrogen-bond donors (Lipinski definition) is 1. The second-order valence-electron chi connectivity index (χ2n) is 4.00. The standard InChI is InChI=1S/C11H16N2O/c1-4-11(2,3)9-8(10(12)14)6-5-7-13-9/h5-7H,4H2,1-3H3,(H2,12,14). The Hall–Kier alpha value is -1.38. The first-order valence-electron chi connectivity index (χ1n) is 4.74. The molecule has 1 amide bonds. The van der Waals surface area contributed by atoms with Crippen LogP contribution in [0.4, 0.5) is 0 Å². The molecule has 0 radical (unpaired) electrons. The summed E-state index contributed by atoms with van der Waals surface area (Å²) in [6.45, 7) is 6.18. The van der Waals surface area contributed by atoms with Gasteiger partial charge in [-0.05, 0) is 18.6 Å². The summed E-state index contributed by atoms with van der Waals surface area (Å²) in [7, 11) is 0. The molecule has 14 heavy (non-hydrogen) atoms. The van der Waals surface area contributed by atoms with Gasteiger partial charge in [0.25, 0.3) is 5.91 Å². The normalized spacial score (nSPS) is 11.4. The lowest BCUT2D eigenvalue weighted by Gasteiger charge is -2.23. The quantitative estimate of drug-likeness (QED) is 0.794. The highest BCUT2D eigenvalue weighted by atomic mass is 16.1. The maximum atomic E-state index is 11.2. The van der Waals surface area contributed by atoms with E-state index in [2.05, 4.69) is 25.8 Å². The van der Waals surface area contributed by atoms with Crippen LogP contribution in [0.25, 0.3) is 0 Å². The first-order valence-corrected chi connectivity index (χ1v) is 4.74. The minimum absolute atomic E-state index is 0.106. The summed E-state index contributed by atoms with van der Waals surface area (Å²) in [5, 5.41) is 0. The molecular weight excluding hydrogens is 176 g/mol. The second kappa shape index (κ2) is 3.78. The molecular formula is C11H16N2O. The molecule has 0 aromatic carbocycles. The lowest BCUT2D eigenvalue weighted by atomic mass is 9.83. The Bertz CT molecular complexity index is 345. The molecule has 0 atom stereocenters. The molecule has 2 N–H and O–H groups in total. The molecule has 0 spiro atoms. The van der Waals surface area contributed by atoms with Gasteiger partial charge in [0, 0.05) is 11.6 Å². The number of aromatic nitrogens is 1. The Morgan fingerprint density at radius 3 is 2.71 bits per heavy atom. The largest absolute Gasteiger partial charge is 0.366 e. The highest BCUT2D eigenvalue weighted by Gasteiger charge is 2.24. The van der Waals surface area contributed by atoms with Crippen LogP contribution < -0.4 is 5.73 Å². The molecule has 1 rings (SSSR count). The molecule has 0 saturated carbocycles. The molecule has 3 nitrogen and oxygen atoms in total. The van der Waals surface area contributed by atoms with E-state index in [9.17, 15) is 4.79 Å². The third kappa shape index (κ3) is 1.92. The zero-order valence-electron chi connectivity index (χ0n) is 8.87. The van der Waals surface area contributed by atoms with E-state index in [1.54, 1.807) is 18.3 Å². The van der Waals surface area contributed by atoms with Crippen LogP contribution in [-0.2, 0) is 5.41 Å². The van der Waals surface area contributed by atoms with E-state index >= 15 is 0 Å². The molecule has 0 aliphatic heterocycles. The third-order valence-corrected chi connectivity index (χ3v) is 2.60. The molecule has 1 heterocycles. The Morgan fingerprint density at radius 2 is 2.21 bits per heavy atom. The van der Waals surface area contributed by atoms with E-state index in [0.29, 0.717) is 5.56 Å². The topological polar surface area (TPSA) is 56.0 Å². The zero-order chi connectivity index (χ0) is 10.8. The van der Waals surface area contributed by atoms with Crippen molar-refractivity contribution in [3.05, 3.63) is 29.6 Å². The fourth-order valence-electron chi connectivity index (χ4n) is 1.31. The van der Waals surface area contributed by atoms with Gasteiger partial charge >= 0.3 is 0 Å². The van der Waals surface area contributed by atoms with Crippen molar-refractivity contribution in [2.45, 2.75) is 32.6 Å². The number of carbonyl (C=O) groups is 1. The minimum Gasteiger partial charge on any atom is -0.366 e. The van der Waals surface area contributed by atoms with Gasteiger partial charge in [-0.25, -0.2) is 0 Å². The SMILES string of the molecule is CCC(C)(C)c1ncccc1C(N)=O. The van der Waals surface area contributed by atoms with E-state index < -0.39 is 5.91 Å². The molecule has 0 saturated heterocycles. The number of rotatable bonds is 3. The van der Waals surface area contributed by atoms with Gasteiger partial charge in [0.05, 0.1) is 11.3 Å². The van der Waals surface area contributed by atoms with Gasteiger partial charge in [0.15, 0.2) is 0 Å². The molecule has 0 aliphatic rings. The van der Waals surface area contributed by atoms with Gasteiger partial charge in [-0.15, -0.1) is 0 Å². The van der Waals surface area contributed by atoms with Gasteiger partial charge in [0.2, 0.25) is 0 Å². The Morgan fingerprint density at radius 1 is 1.57 bits per heavy atom. The number of nitrogens with zero attached hydrogens (tertiary/aromatic N) is 1. The number of nitrogens with two attached hydrogens (primary N) is 1. The molecule has 3 heteroatoms. The smallest absolute Gasteiger partial charge is 0.250 e. The molecule has 0 aliphatic carbocycles. The predicted octanol–water partition coefficient (Wildman–Crippen LogP) is 1.87. The molecule has 76 valence electrons. The lowest BCUT2D eigenvalue weighted by Crippen LogP contribution is -2.24. The summed E-state index contributed by atoms with van der Waals surface area (Å²) < 4.78 is 0. The van der Waals surface area contributed by atoms with E-state index in [1.807, 2.05) is 0 Å². The second-order valence-corrected chi connectivity index (χ2v) is 4.00. The van der Waals surface area contributed by atoms with Crippen molar-refractivity contribution < 1.29 is 4.79 Å². The maximum absolute atomic E-state index is 11.2. The van der Waals surface area contributed by atoms with Crippen LogP contribution in [-0.4, -0.2) is 10.9 Å². The Kier molecular flexibility index (Phi) is 2.89. The number of primary amides is 1. The molecule has 1 aromatic heterocycles. The maximum Gasteiger partial charge on any atom is 0.250 e. The van der Waals surface area contributed by atoms with E-state index in [0.717, 1.165) is 12.1 Å². The fourth-order valence-corrected chi connectivity index (χ4v) is 1.31. The van der Waals surface area contributed by atoms with Crippen molar-refractivity contribution >= 4 is 5.91 Å². The summed E-state index contributed by atoms with van der Waals surface area (Å²) in [6.07, 6.45) is 2.61. The van der Waals surface area contributed by atoms with Crippen LogP contribution in [0.15, 0.2) is 18.3 Å². The number of hydrogen-bond acceptors (Lipinski definition) is 2. The predicted molar refractivity (Wildman–Crippen MR) is 56.1 cm³/mol. The van der Waals surface area contributed by atoms with E-state index in [-0.39, 0.29) is 5.41 Å². The van der Waals surface area contributed by atoms with Crippen LogP contribution in [0.1, 0.15) is 43.2 Å². The van der Waals surface area contributed by atoms with E-state index in [4.69, 9.17) is 5.73 Å². The van der Waals surface area contributed by atoms with E-state index in [1.165, 1.54) is 0 Å². The summed E-state index contributed by atoms with van der Waals surface area (Å²) in [5.74, 6) is -0.408. The summed E-state index contributed by atoms with van der Waals surface area (Å²) in [4.78, 5) is 15.4.